The molecule has 0 spiro atoms. The summed E-state index contributed by atoms with van der Waals surface area (Å²) in [6.45, 7) is 4.64. The molecule has 1 saturated heterocycles. The van der Waals surface area contributed by atoms with Gasteiger partial charge >= 0.3 is 12.0 Å². The summed E-state index contributed by atoms with van der Waals surface area (Å²) in [5, 5.41) is 21.0. The molecule has 0 aromatic carbocycles. The normalized spacial score (nSPS) is 20.3. The Morgan fingerprint density at radius 1 is 1.39 bits per heavy atom. The molecule has 6 nitrogen and oxygen atoms in total. The van der Waals surface area contributed by atoms with E-state index in [1.54, 1.807) is 11.8 Å². The molecule has 1 aliphatic rings. The highest BCUT2D eigenvalue weighted by Crippen LogP contribution is 2.12. The van der Waals surface area contributed by atoms with Crippen molar-refractivity contribution < 1.29 is 19.8 Å². The summed E-state index contributed by atoms with van der Waals surface area (Å²) in [4.78, 5) is 24.6. The summed E-state index contributed by atoms with van der Waals surface area (Å²) in [7, 11) is 0. The fourth-order valence-electron chi connectivity index (χ4n) is 1.98. The van der Waals surface area contributed by atoms with Crippen LogP contribution in [0.5, 0.6) is 0 Å². The van der Waals surface area contributed by atoms with Crippen LogP contribution in [0.2, 0.25) is 0 Å². The van der Waals surface area contributed by atoms with E-state index >= 15 is 0 Å². The fourth-order valence-corrected chi connectivity index (χ4v) is 1.98. The SMILES string of the molecule is CCC(C)C(NC(=O)N1CCC(O)CC1)C(=O)O. The highest BCUT2D eigenvalue weighted by atomic mass is 16.4. The molecule has 3 N–H and O–H groups in total. The number of urea groups is 1. The minimum atomic E-state index is -1.00. The van der Waals surface area contributed by atoms with Crippen LogP contribution in [-0.2, 0) is 4.79 Å². The maximum absolute atomic E-state index is 11.9. The Bertz CT molecular complexity index is 300. The van der Waals surface area contributed by atoms with E-state index < -0.39 is 12.0 Å². The Hall–Kier alpha value is -1.30. The number of amides is 2. The fraction of sp³-hybridized carbons (Fsp3) is 0.833. The standard InChI is InChI=1S/C12H22N2O4/c1-3-8(2)10(11(16)17)13-12(18)14-6-4-9(15)5-7-14/h8-10,15H,3-7H2,1-2H3,(H,13,18)(H,16,17). The van der Waals surface area contributed by atoms with Gasteiger partial charge in [0.2, 0.25) is 0 Å². The van der Waals surface area contributed by atoms with Crippen molar-refractivity contribution in [3.8, 4) is 0 Å². The second-order valence-corrected chi connectivity index (χ2v) is 4.87. The van der Waals surface area contributed by atoms with Gasteiger partial charge in [0, 0.05) is 13.1 Å². The van der Waals surface area contributed by atoms with Crippen molar-refractivity contribution in [2.75, 3.05) is 13.1 Å². The number of nitrogens with zero attached hydrogens (tertiary/aromatic N) is 1. The number of carbonyl (C=O) groups excluding carboxylic acids is 1. The van der Waals surface area contributed by atoms with Crippen LogP contribution in [0.25, 0.3) is 0 Å². The van der Waals surface area contributed by atoms with E-state index in [0.29, 0.717) is 32.4 Å². The Labute approximate surface area is 107 Å². The van der Waals surface area contributed by atoms with Crippen LogP contribution < -0.4 is 5.32 Å². The number of carboxylic acids is 1. The van der Waals surface area contributed by atoms with E-state index in [4.69, 9.17) is 5.11 Å². The molecule has 0 aromatic rings. The minimum Gasteiger partial charge on any atom is -0.480 e. The number of aliphatic hydroxyl groups is 1. The molecular formula is C12H22N2O4. The summed E-state index contributed by atoms with van der Waals surface area (Å²) in [6, 6.07) is -1.20. The van der Waals surface area contributed by atoms with Gasteiger partial charge in [0.25, 0.3) is 0 Å². The van der Waals surface area contributed by atoms with Crippen molar-refractivity contribution in [3.63, 3.8) is 0 Å². The van der Waals surface area contributed by atoms with Gasteiger partial charge in [-0.25, -0.2) is 9.59 Å². The average molecular weight is 258 g/mol. The molecule has 6 heteroatoms. The maximum Gasteiger partial charge on any atom is 0.326 e. The lowest BCUT2D eigenvalue weighted by Gasteiger charge is -2.31. The van der Waals surface area contributed by atoms with Gasteiger partial charge < -0.3 is 20.4 Å². The topological polar surface area (TPSA) is 89.9 Å². The van der Waals surface area contributed by atoms with Crippen LogP contribution in [0.3, 0.4) is 0 Å². The summed E-state index contributed by atoms with van der Waals surface area (Å²) < 4.78 is 0. The van der Waals surface area contributed by atoms with E-state index in [0.717, 1.165) is 0 Å². The highest BCUT2D eigenvalue weighted by Gasteiger charge is 2.28. The Morgan fingerprint density at radius 3 is 2.39 bits per heavy atom. The molecule has 2 amide bonds. The first-order valence-electron chi connectivity index (χ1n) is 6.42. The Morgan fingerprint density at radius 2 is 1.94 bits per heavy atom. The number of carboxylic acid groups (broad SMARTS) is 1. The van der Waals surface area contributed by atoms with Gasteiger partial charge in [0.05, 0.1) is 6.10 Å². The molecule has 1 aliphatic heterocycles. The molecule has 0 aromatic heterocycles. The monoisotopic (exact) mass is 258 g/mol. The van der Waals surface area contributed by atoms with Crippen molar-refractivity contribution in [1.29, 1.82) is 0 Å². The van der Waals surface area contributed by atoms with E-state index in [-0.39, 0.29) is 18.1 Å². The predicted octanol–water partition coefficient (Wildman–Crippen LogP) is 0.652. The number of rotatable bonds is 4. The second-order valence-electron chi connectivity index (χ2n) is 4.87. The largest absolute Gasteiger partial charge is 0.480 e. The van der Waals surface area contributed by atoms with Crippen molar-refractivity contribution >= 4 is 12.0 Å². The van der Waals surface area contributed by atoms with Gasteiger partial charge in [-0.3, -0.25) is 0 Å². The van der Waals surface area contributed by atoms with E-state index in [1.165, 1.54) is 0 Å². The molecule has 0 radical (unpaired) electrons. The van der Waals surface area contributed by atoms with Crippen LogP contribution in [0.15, 0.2) is 0 Å². The zero-order valence-corrected chi connectivity index (χ0v) is 10.9. The summed E-state index contributed by atoms with van der Waals surface area (Å²) in [5.74, 6) is -1.11. The van der Waals surface area contributed by atoms with Crippen LogP contribution in [-0.4, -0.2) is 52.3 Å². The van der Waals surface area contributed by atoms with Crippen LogP contribution in [0, 0.1) is 5.92 Å². The lowest BCUT2D eigenvalue weighted by atomic mass is 9.99. The minimum absolute atomic E-state index is 0.109. The highest BCUT2D eigenvalue weighted by molar-refractivity contribution is 5.82. The number of likely N-dealkylation sites (tertiary alicyclic amines) is 1. The second kappa shape index (κ2) is 6.58. The number of aliphatic hydroxyl groups excluding tert-OH is 1. The summed E-state index contributed by atoms with van der Waals surface area (Å²) in [5.41, 5.74) is 0. The molecule has 1 heterocycles. The third-order valence-electron chi connectivity index (χ3n) is 3.51. The first-order chi connectivity index (χ1) is 8.45. The van der Waals surface area contributed by atoms with Gasteiger partial charge in [-0.05, 0) is 18.8 Å². The van der Waals surface area contributed by atoms with Crippen LogP contribution in [0.1, 0.15) is 33.1 Å². The number of hydrogen-bond donors (Lipinski definition) is 3. The molecule has 104 valence electrons. The van der Waals surface area contributed by atoms with Crippen molar-refractivity contribution in [1.82, 2.24) is 10.2 Å². The van der Waals surface area contributed by atoms with E-state index in [2.05, 4.69) is 5.32 Å². The molecule has 0 saturated carbocycles. The summed E-state index contributed by atoms with van der Waals surface area (Å²) in [6.07, 6.45) is 1.44. The zero-order valence-electron chi connectivity index (χ0n) is 10.9. The lowest BCUT2D eigenvalue weighted by Crippen LogP contribution is -2.52. The first kappa shape index (κ1) is 14.8. The first-order valence-corrected chi connectivity index (χ1v) is 6.42. The van der Waals surface area contributed by atoms with Gasteiger partial charge in [0.1, 0.15) is 6.04 Å². The summed E-state index contributed by atoms with van der Waals surface area (Å²) >= 11 is 0. The van der Waals surface area contributed by atoms with E-state index in [1.807, 2.05) is 6.92 Å². The number of hydrogen-bond acceptors (Lipinski definition) is 3. The van der Waals surface area contributed by atoms with Gasteiger partial charge in [-0.15, -0.1) is 0 Å². The molecule has 18 heavy (non-hydrogen) atoms. The zero-order chi connectivity index (χ0) is 13.7. The van der Waals surface area contributed by atoms with Gasteiger partial charge in [-0.2, -0.15) is 0 Å². The molecule has 2 unspecified atom stereocenters. The number of nitrogens with one attached hydrogen (secondary N) is 1. The number of aliphatic carboxylic acids is 1. The molecule has 1 fully saturated rings. The molecule has 0 aliphatic carbocycles. The quantitative estimate of drug-likeness (QED) is 0.690. The third-order valence-corrected chi connectivity index (χ3v) is 3.51. The predicted molar refractivity (Wildman–Crippen MR) is 66.2 cm³/mol. The molecule has 0 bridgehead atoms. The van der Waals surface area contributed by atoms with Crippen LogP contribution >= 0.6 is 0 Å². The maximum atomic E-state index is 11.9. The number of piperidine rings is 1. The smallest absolute Gasteiger partial charge is 0.326 e. The van der Waals surface area contributed by atoms with Gasteiger partial charge in [0.15, 0.2) is 0 Å². The number of carbonyl (C=O) groups is 2. The molecule has 2 atom stereocenters. The van der Waals surface area contributed by atoms with Gasteiger partial charge in [-0.1, -0.05) is 20.3 Å². The van der Waals surface area contributed by atoms with E-state index in [9.17, 15) is 14.7 Å². The van der Waals surface area contributed by atoms with Crippen LogP contribution in [0.4, 0.5) is 4.79 Å². The average Bonchev–Trinajstić information content (AvgIpc) is 2.35. The lowest BCUT2D eigenvalue weighted by molar-refractivity contribution is -0.140. The molecule has 1 rings (SSSR count). The van der Waals surface area contributed by atoms with Crippen molar-refractivity contribution in [2.45, 2.75) is 45.3 Å². The van der Waals surface area contributed by atoms with Crippen molar-refractivity contribution in [2.24, 2.45) is 5.92 Å². The molecular weight excluding hydrogens is 236 g/mol. The Balaban J connectivity index is 2.53. The third kappa shape index (κ3) is 3.87. The van der Waals surface area contributed by atoms with Crippen molar-refractivity contribution in [3.05, 3.63) is 0 Å². The Kier molecular flexibility index (Phi) is 5.40.